The maximum absolute atomic E-state index is 12.3. The number of carbonyl (C=O) groups is 1. The average Bonchev–Trinajstić information content (AvgIpc) is 2.91. The Hall–Kier alpha value is -1.10. The number of ether oxygens (including phenoxy) is 1. The summed E-state index contributed by atoms with van der Waals surface area (Å²) >= 11 is 3.35. The first-order chi connectivity index (χ1) is 9.63. The lowest BCUT2D eigenvalue weighted by Gasteiger charge is -2.21. The summed E-state index contributed by atoms with van der Waals surface area (Å²) in [6.45, 7) is 5.60. The lowest BCUT2D eigenvalue weighted by Crippen LogP contribution is -2.35. The molecular formula is C15H21BrN2O2. The van der Waals surface area contributed by atoms with Crippen molar-refractivity contribution in [1.29, 1.82) is 0 Å². The molecular weight excluding hydrogens is 320 g/mol. The molecule has 1 aliphatic heterocycles. The van der Waals surface area contributed by atoms with E-state index in [1.807, 2.05) is 17.0 Å². The SMILES string of the molecule is CCC(CC)C(=O)N1CCC(Oc2ccc(Br)cn2)C1. The van der Waals surface area contributed by atoms with Crippen LogP contribution in [0.3, 0.4) is 0 Å². The molecule has 5 heteroatoms. The van der Waals surface area contributed by atoms with Gasteiger partial charge < -0.3 is 9.64 Å². The predicted octanol–water partition coefficient (Wildman–Crippen LogP) is 3.26. The molecule has 0 bridgehead atoms. The summed E-state index contributed by atoms with van der Waals surface area (Å²) in [5.41, 5.74) is 0. The van der Waals surface area contributed by atoms with E-state index < -0.39 is 0 Å². The zero-order valence-corrected chi connectivity index (χ0v) is 13.6. The smallest absolute Gasteiger partial charge is 0.225 e. The molecule has 0 aliphatic carbocycles. The van der Waals surface area contributed by atoms with Gasteiger partial charge >= 0.3 is 0 Å². The van der Waals surface area contributed by atoms with Crippen LogP contribution in [0.5, 0.6) is 5.88 Å². The van der Waals surface area contributed by atoms with E-state index in [0.29, 0.717) is 12.4 Å². The van der Waals surface area contributed by atoms with E-state index in [2.05, 4.69) is 34.8 Å². The maximum atomic E-state index is 12.3. The number of carbonyl (C=O) groups excluding carboxylic acids is 1. The quantitative estimate of drug-likeness (QED) is 0.826. The molecule has 1 aromatic rings. The summed E-state index contributed by atoms with van der Waals surface area (Å²) in [7, 11) is 0. The number of amides is 1. The minimum Gasteiger partial charge on any atom is -0.472 e. The maximum Gasteiger partial charge on any atom is 0.225 e. The molecule has 0 spiro atoms. The van der Waals surface area contributed by atoms with Crippen LogP contribution in [0, 0.1) is 5.92 Å². The van der Waals surface area contributed by atoms with Crippen LogP contribution in [0.25, 0.3) is 0 Å². The Kier molecular flexibility index (Phi) is 5.40. The molecule has 1 amide bonds. The Balaban J connectivity index is 1.89. The third-order valence-corrected chi connectivity index (χ3v) is 4.25. The molecule has 2 heterocycles. The Labute approximate surface area is 128 Å². The van der Waals surface area contributed by atoms with Crippen LogP contribution in [0.15, 0.2) is 22.8 Å². The highest BCUT2D eigenvalue weighted by Gasteiger charge is 2.30. The van der Waals surface area contributed by atoms with Crippen LogP contribution in [0.1, 0.15) is 33.1 Å². The van der Waals surface area contributed by atoms with Gasteiger partial charge in [-0.2, -0.15) is 0 Å². The van der Waals surface area contributed by atoms with Gasteiger partial charge in [-0.15, -0.1) is 0 Å². The molecule has 0 saturated carbocycles. The van der Waals surface area contributed by atoms with E-state index in [0.717, 1.165) is 30.3 Å². The summed E-state index contributed by atoms with van der Waals surface area (Å²) in [6.07, 6.45) is 4.47. The first-order valence-electron chi connectivity index (χ1n) is 7.21. The zero-order chi connectivity index (χ0) is 14.5. The highest BCUT2D eigenvalue weighted by molar-refractivity contribution is 9.10. The molecule has 4 nitrogen and oxygen atoms in total. The third kappa shape index (κ3) is 3.72. The molecule has 2 rings (SSSR count). The summed E-state index contributed by atoms with van der Waals surface area (Å²) < 4.78 is 6.76. The van der Waals surface area contributed by atoms with Crippen molar-refractivity contribution in [2.24, 2.45) is 5.92 Å². The molecule has 0 aromatic carbocycles. The van der Waals surface area contributed by atoms with Crippen molar-refractivity contribution in [3.8, 4) is 5.88 Å². The highest BCUT2D eigenvalue weighted by atomic mass is 79.9. The summed E-state index contributed by atoms with van der Waals surface area (Å²) in [4.78, 5) is 18.4. The number of hydrogen-bond donors (Lipinski definition) is 0. The Bertz CT molecular complexity index is 446. The number of rotatable bonds is 5. The highest BCUT2D eigenvalue weighted by Crippen LogP contribution is 2.21. The van der Waals surface area contributed by atoms with Gasteiger partial charge in [0, 0.05) is 35.6 Å². The summed E-state index contributed by atoms with van der Waals surface area (Å²) in [6, 6.07) is 3.75. The number of halogens is 1. The van der Waals surface area contributed by atoms with Gasteiger partial charge in [0.05, 0.1) is 6.54 Å². The summed E-state index contributed by atoms with van der Waals surface area (Å²) in [5.74, 6) is 1.04. The molecule has 110 valence electrons. The largest absolute Gasteiger partial charge is 0.472 e. The second-order valence-electron chi connectivity index (χ2n) is 5.14. The predicted molar refractivity (Wildman–Crippen MR) is 81.6 cm³/mol. The molecule has 1 aliphatic rings. The zero-order valence-electron chi connectivity index (χ0n) is 12.0. The van der Waals surface area contributed by atoms with E-state index in [4.69, 9.17) is 4.74 Å². The van der Waals surface area contributed by atoms with Crippen molar-refractivity contribution in [1.82, 2.24) is 9.88 Å². The molecule has 1 atom stereocenters. The van der Waals surface area contributed by atoms with Crippen molar-refractivity contribution in [2.45, 2.75) is 39.2 Å². The molecule has 0 N–H and O–H groups in total. The van der Waals surface area contributed by atoms with Crippen LogP contribution >= 0.6 is 15.9 Å². The van der Waals surface area contributed by atoms with Crippen LogP contribution in [-0.4, -0.2) is 35.0 Å². The van der Waals surface area contributed by atoms with Gasteiger partial charge in [-0.25, -0.2) is 4.98 Å². The fourth-order valence-electron chi connectivity index (χ4n) is 2.52. The van der Waals surface area contributed by atoms with Gasteiger partial charge in [0.25, 0.3) is 0 Å². The second-order valence-corrected chi connectivity index (χ2v) is 6.06. The van der Waals surface area contributed by atoms with Gasteiger partial charge in [0.2, 0.25) is 11.8 Å². The van der Waals surface area contributed by atoms with E-state index >= 15 is 0 Å². The van der Waals surface area contributed by atoms with Gasteiger partial charge in [0.15, 0.2) is 0 Å². The number of pyridine rings is 1. The van der Waals surface area contributed by atoms with Gasteiger partial charge in [0.1, 0.15) is 6.10 Å². The average molecular weight is 341 g/mol. The van der Waals surface area contributed by atoms with E-state index in [1.165, 1.54) is 0 Å². The molecule has 0 radical (unpaired) electrons. The fraction of sp³-hybridized carbons (Fsp3) is 0.600. The molecule has 20 heavy (non-hydrogen) atoms. The minimum atomic E-state index is 0.0574. The van der Waals surface area contributed by atoms with Crippen LogP contribution in [-0.2, 0) is 4.79 Å². The third-order valence-electron chi connectivity index (χ3n) is 3.78. The van der Waals surface area contributed by atoms with E-state index in [1.54, 1.807) is 6.20 Å². The second kappa shape index (κ2) is 7.07. The molecule has 1 aromatic heterocycles. The van der Waals surface area contributed by atoms with Crippen molar-refractivity contribution in [2.75, 3.05) is 13.1 Å². The topological polar surface area (TPSA) is 42.4 Å². The van der Waals surface area contributed by atoms with Crippen LogP contribution < -0.4 is 4.74 Å². The standard InChI is InChI=1S/C15H21BrN2O2/c1-3-11(4-2)15(19)18-8-7-13(10-18)20-14-6-5-12(16)9-17-14/h5-6,9,11,13H,3-4,7-8,10H2,1-2H3. The first-order valence-corrected chi connectivity index (χ1v) is 8.00. The number of hydrogen-bond acceptors (Lipinski definition) is 3. The molecule has 1 unspecified atom stereocenters. The number of likely N-dealkylation sites (tertiary alicyclic amines) is 1. The lowest BCUT2D eigenvalue weighted by molar-refractivity contribution is -0.134. The van der Waals surface area contributed by atoms with Crippen LogP contribution in [0.4, 0.5) is 0 Å². The van der Waals surface area contributed by atoms with Crippen LogP contribution in [0.2, 0.25) is 0 Å². The lowest BCUT2D eigenvalue weighted by atomic mass is 10.0. The van der Waals surface area contributed by atoms with Gasteiger partial charge in [-0.3, -0.25) is 4.79 Å². The van der Waals surface area contributed by atoms with Crippen molar-refractivity contribution < 1.29 is 9.53 Å². The Morgan fingerprint density at radius 1 is 1.50 bits per heavy atom. The van der Waals surface area contributed by atoms with E-state index in [9.17, 15) is 4.79 Å². The number of nitrogens with zero attached hydrogens (tertiary/aromatic N) is 2. The van der Waals surface area contributed by atoms with Crippen molar-refractivity contribution in [3.05, 3.63) is 22.8 Å². The van der Waals surface area contributed by atoms with Crippen molar-refractivity contribution in [3.63, 3.8) is 0 Å². The van der Waals surface area contributed by atoms with Crippen molar-refractivity contribution >= 4 is 21.8 Å². The number of aromatic nitrogens is 1. The van der Waals surface area contributed by atoms with Gasteiger partial charge in [-0.1, -0.05) is 13.8 Å². The molecule has 1 saturated heterocycles. The minimum absolute atomic E-state index is 0.0574. The Morgan fingerprint density at radius 2 is 2.25 bits per heavy atom. The van der Waals surface area contributed by atoms with Gasteiger partial charge in [-0.05, 0) is 34.8 Å². The molecule has 1 fully saturated rings. The first kappa shape index (κ1) is 15.3. The fourth-order valence-corrected chi connectivity index (χ4v) is 2.76. The van der Waals surface area contributed by atoms with E-state index in [-0.39, 0.29) is 17.9 Å². The summed E-state index contributed by atoms with van der Waals surface area (Å²) in [5, 5.41) is 0. The monoisotopic (exact) mass is 340 g/mol. The Morgan fingerprint density at radius 3 is 2.85 bits per heavy atom. The normalized spacial score (nSPS) is 18.6.